The molecule has 0 unspecified atom stereocenters. The predicted molar refractivity (Wildman–Crippen MR) is 88.4 cm³/mol. The Labute approximate surface area is 130 Å². The Morgan fingerprint density at radius 2 is 1.68 bits per heavy atom. The van der Waals surface area contributed by atoms with E-state index in [9.17, 15) is 5.21 Å². The van der Waals surface area contributed by atoms with Gasteiger partial charge in [-0.2, -0.15) is 0 Å². The molecule has 0 N–H and O–H groups in total. The summed E-state index contributed by atoms with van der Waals surface area (Å²) in [6.45, 7) is 3.56. The molecule has 0 amide bonds. The van der Waals surface area contributed by atoms with E-state index in [2.05, 4.69) is 11.0 Å². The second-order valence-corrected chi connectivity index (χ2v) is 5.35. The Bertz CT molecular complexity index is 635. The smallest absolute Gasteiger partial charge is 0.184 e. The third-order valence-corrected chi connectivity index (χ3v) is 3.75. The van der Waals surface area contributed by atoms with Crippen LogP contribution in [0.5, 0.6) is 0 Å². The number of ether oxygens (including phenoxy) is 1. The molecule has 0 aromatic heterocycles. The summed E-state index contributed by atoms with van der Waals surface area (Å²) in [6.07, 6.45) is 1.68. The van der Waals surface area contributed by atoms with Crippen molar-refractivity contribution in [3.05, 3.63) is 70.9 Å². The van der Waals surface area contributed by atoms with Crippen molar-refractivity contribution >= 4 is 11.9 Å². The van der Waals surface area contributed by atoms with Crippen LogP contribution < -0.4 is 4.90 Å². The number of nitrogens with zero attached hydrogens (tertiary/aromatic N) is 2. The number of hydroxylamine groups is 1. The first-order chi connectivity index (χ1) is 10.8. The van der Waals surface area contributed by atoms with Gasteiger partial charge in [0.05, 0.1) is 24.5 Å². The third-order valence-electron chi connectivity index (χ3n) is 3.75. The van der Waals surface area contributed by atoms with Gasteiger partial charge in [-0.15, -0.1) is 0 Å². The SMILES string of the molecule is [O-][N+](=Cc1ccccc1N1CCOCC1)Cc1ccccc1. The van der Waals surface area contributed by atoms with Crippen LogP contribution >= 0.6 is 0 Å². The zero-order chi connectivity index (χ0) is 15.2. The second-order valence-electron chi connectivity index (χ2n) is 5.35. The number of hydrogen-bond acceptors (Lipinski definition) is 3. The summed E-state index contributed by atoms with van der Waals surface area (Å²) in [6, 6.07) is 17.8. The van der Waals surface area contributed by atoms with E-state index in [1.807, 2.05) is 48.5 Å². The molecule has 4 nitrogen and oxygen atoms in total. The fraction of sp³-hybridized carbons (Fsp3) is 0.278. The molecule has 0 aliphatic carbocycles. The number of hydrogen-bond donors (Lipinski definition) is 0. The molecule has 0 spiro atoms. The van der Waals surface area contributed by atoms with Crippen LogP contribution in [0.25, 0.3) is 0 Å². The Morgan fingerprint density at radius 1 is 1.00 bits per heavy atom. The van der Waals surface area contributed by atoms with Gasteiger partial charge in [0.25, 0.3) is 0 Å². The first-order valence-electron chi connectivity index (χ1n) is 7.57. The highest BCUT2D eigenvalue weighted by molar-refractivity contribution is 5.85. The number of para-hydroxylation sites is 1. The van der Waals surface area contributed by atoms with E-state index < -0.39 is 0 Å². The Balaban J connectivity index is 1.80. The number of morpholine rings is 1. The molecule has 114 valence electrons. The minimum Gasteiger partial charge on any atom is -0.624 e. The molecule has 2 aromatic carbocycles. The monoisotopic (exact) mass is 296 g/mol. The van der Waals surface area contributed by atoms with E-state index in [-0.39, 0.29) is 0 Å². The maximum absolute atomic E-state index is 12.2. The van der Waals surface area contributed by atoms with Crippen LogP contribution in [0, 0.1) is 5.21 Å². The maximum atomic E-state index is 12.2. The van der Waals surface area contributed by atoms with Crippen molar-refractivity contribution in [3.63, 3.8) is 0 Å². The molecule has 3 rings (SSSR count). The van der Waals surface area contributed by atoms with Gasteiger partial charge in [-0.3, -0.25) is 0 Å². The van der Waals surface area contributed by atoms with Crippen molar-refractivity contribution in [2.75, 3.05) is 31.2 Å². The number of rotatable bonds is 4. The van der Waals surface area contributed by atoms with Gasteiger partial charge in [-0.25, -0.2) is 4.74 Å². The van der Waals surface area contributed by atoms with Crippen LogP contribution in [-0.2, 0) is 11.3 Å². The van der Waals surface area contributed by atoms with E-state index in [0.717, 1.165) is 47.9 Å². The lowest BCUT2D eigenvalue weighted by Crippen LogP contribution is -2.36. The molecule has 1 aliphatic rings. The highest BCUT2D eigenvalue weighted by Gasteiger charge is 2.14. The fourth-order valence-corrected chi connectivity index (χ4v) is 2.65. The molecule has 0 saturated carbocycles. The van der Waals surface area contributed by atoms with Gasteiger partial charge in [0, 0.05) is 18.7 Å². The fourth-order valence-electron chi connectivity index (χ4n) is 2.65. The van der Waals surface area contributed by atoms with Crippen LogP contribution in [0.2, 0.25) is 0 Å². The molecule has 2 aromatic rings. The summed E-state index contributed by atoms with van der Waals surface area (Å²) < 4.78 is 6.39. The average molecular weight is 296 g/mol. The summed E-state index contributed by atoms with van der Waals surface area (Å²) in [5.41, 5.74) is 3.06. The van der Waals surface area contributed by atoms with Crippen molar-refractivity contribution in [2.24, 2.45) is 0 Å². The number of anilines is 1. The molecule has 1 fully saturated rings. The van der Waals surface area contributed by atoms with Crippen LogP contribution in [-0.4, -0.2) is 37.3 Å². The van der Waals surface area contributed by atoms with Crippen molar-refractivity contribution in [1.82, 2.24) is 0 Å². The second kappa shape index (κ2) is 7.09. The van der Waals surface area contributed by atoms with E-state index in [1.165, 1.54) is 0 Å². The summed E-state index contributed by atoms with van der Waals surface area (Å²) in [5.74, 6) is 0. The zero-order valence-corrected chi connectivity index (χ0v) is 12.5. The van der Waals surface area contributed by atoms with Crippen molar-refractivity contribution < 1.29 is 9.48 Å². The van der Waals surface area contributed by atoms with Crippen LogP contribution in [0.3, 0.4) is 0 Å². The van der Waals surface area contributed by atoms with Crippen molar-refractivity contribution in [2.45, 2.75) is 6.54 Å². The first kappa shape index (κ1) is 14.6. The van der Waals surface area contributed by atoms with Crippen LogP contribution in [0.4, 0.5) is 5.69 Å². The lowest BCUT2D eigenvalue weighted by atomic mass is 10.1. The van der Waals surface area contributed by atoms with Crippen LogP contribution in [0.15, 0.2) is 54.6 Å². The van der Waals surface area contributed by atoms with Gasteiger partial charge in [-0.1, -0.05) is 42.5 Å². The lowest BCUT2D eigenvalue weighted by Gasteiger charge is -2.29. The molecule has 1 saturated heterocycles. The van der Waals surface area contributed by atoms with Gasteiger partial charge in [0.1, 0.15) is 0 Å². The van der Waals surface area contributed by atoms with Crippen molar-refractivity contribution in [3.8, 4) is 0 Å². The van der Waals surface area contributed by atoms with Crippen LogP contribution in [0.1, 0.15) is 11.1 Å². The molecular formula is C18H20N2O2. The summed E-state index contributed by atoms with van der Waals surface area (Å²) >= 11 is 0. The molecule has 1 aliphatic heterocycles. The Kier molecular flexibility index (Phi) is 4.71. The first-order valence-corrected chi connectivity index (χ1v) is 7.57. The molecule has 1 heterocycles. The average Bonchev–Trinajstić information content (AvgIpc) is 2.57. The Hall–Kier alpha value is -2.33. The molecule has 22 heavy (non-hydrogen) atoms. The standard InChI is InChI=1S/C18H20N2O2/c21-20(14-16-6-2-1-3-7-16)15-17-8-4-5-9-18(17)19-10-12-22-13-11-19/h1-9,15H,10-14H2. The maximum Gasteiger partial charge on any atom is 0.184 e. The van der Waals surface area contributed by atoms with Gasteiger partial charge in [0.15, 0.2) is 12.8 Å². The quantitative estimate of drug-likeness (QED) is 0.377. The van der Waals surface area contributed by atoms with Gasteiger partial charge in [-0.05, 0) is 12.1 Å². The third kappa shape index (κ3) is 3.65. The van der Waals surface area contributed by atoms with Gasteiger partial charge < -0.3 is 14.8 Å². The molecule has 0 radical (unpaired) electrons. The molecule has 0 bridgehead atoms. The highest BCUT2D eigenvalue weighted by Crippen LogP contribution is 2.20. The Morgan fingerprint density at radius 3 is 2.45 bits per heavy atom. The van der Waals surface area contributed by atoms with Gasteiger partial charge in [0.2, 0.25) is 0 Å². The van der Waals surface area contributed by atoms with Gasteiger partial charge >= 0.3 is 0 Å². The zero-order valence-electron chi connectivity index (χ0n) is 12.5. The summed E-state index contributed by atoms with van der Waals surface area (Å²) in [4.78, 5) is 2.27. The van der Waals surface area contributed by atoms with Crippen molar-refractivity contribution in [1.29, 1.82) is 0 Å². The molecule has 0 atom stereocenters. The molecule has 4 heteroatoms. The molecular weight excluding hydrogens is 276 g/mol. The highest BCUT2D eigenvalue weighted by atomic mass is 16.5. The summed E-state index contributed by atoms with van der Waals surface area (Å²) in [7, 11) is 0. The minimum absolute atomic E-state index is 0.359. The summed E-state index contributed by atoms with van der Waals surface area (Å²) in [5, 5.41) is 12.2. The minimum atomic E-state index is 0.359. The van der Waals surface area contributed by atoms with E-state index in [0.29, 0.717) is 6.54 Å². The van der Waals surface area contributed by atoms with E-state index >= 15 is 0 Å². The predicted octanol–water partition coefficient (Wildman–Crippen LogP) is 2.65. The normalized spacial score (nSPS) is 15.8. The largest absolute Gasteiger partial charge is 0.624 e. The lowest BCUT2D eigenvalue weighted by molar-refractivity contribution is -0.469. The number of benzene rings is 2. The van der Waals surface area contributed by atoms with E-state index in [1.54, 1.807) is 6.21 Å². The topological polar surface area (TPSA) is 38.5 Å². The van der Waals surface area contributed by atoms with E-state index in [4.69, 9.17) is 4.74 Å².